The van der Waals surface area contributed by atoms with E-state index >= 15 is 0 Å². The van der Waals surface area contributed by atoms with E-state index in [9.17, 15) is 4.79 Å². The molecule has 4 rings (SSSR count). The topological polar surface area (TPSA) is 68.5 Å². The third kappa shape index (κ3) is 5.22. The lowest BCUT2D eigenvalue weighted by Gasteiger charge is -2.39. The zero-order valence-corrected chi connectivity index (χ0v) is 20.3. The first-order chi connectivity index (χ1) is 16.5. The summed E-state index contributed by atoms with van der Waals surface area (Å²) < 4.78 is 0. The molecule has 1 heterocycles. The fourth-order valence-corrected chi connectivity index (χ4v) is 5.03. The molecule has 5 nitrogen and oxygen atoms in total. The highest BCUT2D eigenvalue weighted by atomic mass is 16.2. The summed E-state index contributed by atoms with van der Waals surface area (Å²) in [5.74, 6) is 1.06. The number of hydrogen-bond acceptors (Lipinski definition) is 4. The van der Waals surface area contributed by atoms with Crippen molar-refractivity contribution in [2.45, 2.75) is 51.9 Å². The van der Waals surface area contributed by atoms with Gasteiger partial charge in [-0.15, -0.1) is 0 Å². The third-order valence-electron chi connectivity index (χ3n) is 7.33. The van der Waals surface area contributed by atoms with Gasteiger partial charge in [0.15, 0.2) is 0 Å². The molecule has 1 aliphatic heterocycles. The second kappa shape index (κ2) is 10.7. The second-order valence-corrected chi connectivity index (χ2v) is 9.67. The summed E-state index contributed by atoms with van der Waals surface area (Å²) in [5.41, 5.74) is 6.51. The molecule has 1 N–H and O–H groups in total. The fraction of sp³-hybridized carbons (Fsp3) is 0.414. The molecule has 1 saturated heterocycles. The Morgan fingerprint density at radius 2 is 1.85 bits per heavy atom. The van der Waals surface area contributed by atoms with E-state index in [2.05, 4.69) is 30.0 Å². The van der Waals surface area contributed by atoms with Gasteiger partial charge in [-0.3, -0.25) is 9.79 Å². The molecule has 0 atom stereocenters. The van der Waals surface area contributed by atoms with E-state index in [1.54, 1.807) is 0 Å². The minimum Gasteiger partial charge on any atom is -0.383 e. The average molecular weight is 455 g/mol. The van der Waals surface area contributed by atoms with Crippen molar-refractivity contribution in [3.63, 3.8) is 0 Å². The Hall–Kier alpha value is -3.39. The van der Waals surface area contributed by atoms with E-state index in [4.69, 9.17) is 5.26 Å². The summed E-state index contributed by atoms with van der Waals surface area (Å²) >= 11 is 0. The minimum atomic E-state index is 0.0574. The predicted molar refractivity (Wildman–Crippen MR) is 138 cm³/mol. The zero-order valence-electron chi connectivity index (χ0n) is 20.3. The van der Waals surface area contributed by atoms with Gasteiger partial charge in [0.1, 0.15) is 0 Å². The van der Waals surface area contributed by atoms with E-state index in [0.29, 0.717) is 36.1 Å². The number of rotatable bonds is 7. The summed E-state index contributed by atoms with van der Waals surface area (Å²) in [6, 6.07) is 15.8. The molecule has 5 heteroatoms. The van der Waals surface area contributed by atoms with Crippen molar-refractivity contribution in [3.8, 4) is 6.07 Å². The molecule has 0 radical (unpaired) electrons. The zero-order chi connectivity index (χ0) is 24.1. The SMILES string of the molecule is C=N/C(C)=C(\NCC1CCCCC1)c1cc(C(=O)N2CC(c3ccc(C#N)cc3)C2)ccc1C. The van der Waals surface area contributed by atoms with Crippen molar-refractivity contribution in [1.29, 1.82) is 5.26 Å². The molecule has 2 aromatic rings. The van der Waals surface area contributed by atoms with Crippen LogP contribution in [-0.4, -0.2) is 37.2 Å². The Morgan fingerprint density at radius 1 is 1.15 bits per heavy atom. The Bertz CT molecular complexity index is 1110. The van der Waals surface area contributed by atoms with Gasteiger partial charge in [-0.2, -0.15) is 5.26 Å². The quantitative estimate of drug-likeness (QED) is 0.549. The molecule has 2 aliphatic rings. The maximum atomic E-state index is 13.2. The summed E-state index contributed by atoms with van der Waals surface area (Å²) in [5, 5.41) is 12.6. The van der Waals surface area contributed by atoms with Crippen LogP contribution in [0.25, 0.3) is 5.70 Å². The van der Waals surface area contributed by atoms with Crippen molar-refractivity contribution in [1.82, 2.24) is 10.2 Å². The first kappa shape index (κ1) is 23.8. The van der Waals surface area contributed by atoms with Gasteiger partial charge in [0.05, 0.1) is 23.0 Å². The number of likely N-dealkylation sites (tertiary alicyclic amines) is 1. The number of hydrogen-bond donors (Lipinski definition) is 1. The Labute approximate surface area is 203 Å². The van der Waals surface area contributed by atoms with Gasteiger partial charge in [0.2, 0.25) is 0 Å². The smallest absolute Gasteiger partial charge is 0.253 e. The third-order valence-corrected chi connectivity index (χ3v) is 7.33. The Morgan fingerprint density at radius 3 is 2.50 bits per heavy atom. The second-order valence-electron chi connectivity index (χ2n) is 9.67. The normalized spacial score (nSPS) is 17.4. The molecule has 1 saturated carbocycles. The van der Waals surface area contributed by atoms with Crippen LogP contribution < -0.4 is 5.32 Å². The van der Waals surface area contributed by atoms with Gasteiger partial charge in [0.25, 0.3) is 5.91 Å². The maximum absolute atomic E-state index is 13.2. The molecular weight excluding hydrogens is 420 g/mol. The van der Waals surface area contributed by atoms with Crippen LogP contribution in [0.4, 0.5) is 0 Å². The lowest BCUT2D eigenvalue weighted by atomic mass is 9.89. The lowest BCUT2D eigenvalue weighted by Crippen LogP contribution is -2.48. The molecule has 1 aliphatic carbocycles. The number of carbonyl (C=O) groups is 1. The van der Waals surface area contributed by atoms with Crippen LogP contribution in [0.1, 0.15) is 77.6 Å². The largest absolute Gasteiger partial charge is 0.383 e. The fourth-order valence-electron chi connectivity index (χ4n) is 5.03. The molecule has 2 fully saturated rings. The van der Waals surface area contributed by atoms with Crippen LogP contribution in [0, 0.1) is 24.2 Å². The van der Waals surface area contributed by atoms with E-state index in [1.807, 2.05) is 54.3 Å². The Balaban J connectivity index is 1.47. The molecule has 2 aromatic carbocycles. The van der Waals surface area contributed by atoms with Crippen molar-refractivity contribution in [2.75, 3.05) is 19.6 Å². The van der Waals surface area contributed by atoms with Crippen LogP contribution in [0.5, 0.6) is 0 Å². The molecule has 176 valence electrons. The summed E-state index contributed by atoms with van der Waals surface area (Å²) in [6.07, 6.45) is 6.51. The van der Waals surface area contributed by atoms with Crippen LogP contribution in [0.2, 0.25) is 0 Å². The van der Waals surface area contributed by atoms with Crippen LogP contribution in [-0.2, 0) is 0 Å². The molecule has 0 aromatic heterocycles. The van der Waals surface area contributed by atoms with Crippen molar-refractivity contribution >= 4 is 18.3 Å². The standard InChI is InChI=1S/C29H34N4O/c1-20-9-12-25(29(34)33-18-26(19-33)24-13-10-22(16-30)11-14-24)15-27(20)28(21(2)31-3)32-17-23-7-5-4-6-8-23/h9-15,23,26,32H,3-8,17-19H2,1-2H3/b28-21-. The van der Waals surface area contributed by atoms with Crippen LogP contribution in [0.15, 0.2) is 53.2 Å². The highest BCUT2D eigenvalue weighted by Gasteiger charge is 2.32. The first-order valence-corrected chi connectivity index (χ1v) is 12.3. The lowest BCUT2D eigenvalue weighted by molar-refractivity contribution is 0.0602. The number of aryl methyl sites for hydroxylation is 1. The van der Waals surface area contributed by atoms with Crippen molar-refractivity contribution < 1.29 is 4.79 Å². The number of aliphatic imine (C=N–C) groups is 1. The molecule has 1 amide bonds. The highest BCUT2D eigenvalue weighted by Crippen LogP contribution is 2.30. The molecule has 34 heavy (non-hydrogen) atoms. The predicted octanol–water partition coefficient (Wildman–Crippen LogP) is 5.67. The van der Waals surface area contributed by atoms with Gasteiger partial charge in [0, 0.05) is 36.7 Å². The number of carbonyl (C=O) groups excluding carboxylic acids is 1. The first-order valence-electron chi connectivity index (χ1n) is 12.3. The minimum absolute atomic E-state index is 0.0574. The van der Waals surface area contributed by atoms with E-state index < -0.39 is 0 Å². The number of benzene rings is 2. The molecule has 0 unspecified atom stereocenters. The van der Waals surface area contributed by atoms with Gasteiger partial charge < -0.3 is 10.2 Å². The Kier molecular flexibility index (Phi) is 7.47. The summed E-state index contributed by atoms with van der Waals surface area (Å²) in [6.45, 7) is 10.1. The van der Waals surface area contributed by atoms with E-state index in [-0.39, 0.29) is 5.91 Å². The number of nitrogens with zero attached hydrogens (tertiary/aromatic N) is 3. The van der Waals surface area contributed by atoms with Gasteiger partial charge in [-0.25, -0.2) is 0 Å². The average Bonchev–Trinajstić information content (AvgIpc) is 2.85. The van der Waals surface area contributed by atoms with Crippen molar-refractivity contribution in [2.24, 2.45) is 10.9 Å². The number of nitriles is 1. The van der Waals surface area contributed by atoms with Crippen LogP contribution >= 0.6 is 0 Å². The van der Waals surface area contributed by atoms with Crippen LogP contribution in [0.3, 0.4) is 0 Å². The number of nitrogens with one attached hydrogen (secondary N) is 1. The van der Waals surface area contributed by atoms with Gasteiger partial charge in [-0.05, 0) is 74.7 Å². The molecular formula is C29H34N4O. The summed E-state index contributed by atoms with van der Waals surface area (Å²) in [4.78, 5) is 19.4. The molecule has 0 spiro atoms. The molecule has 0 bridgehead atoms. The maximum Gasteiger partial charge on any atom is 0.253 e. The van der Waals surface area contributed by atoms with Gasteiger partial charge >= 0.3 is 0 Å². The summed E-state index contributed by atoms with van der Waals surface area (Å²) in [7, 11) is 0. The van der Waals surface area contributed by atoms with E-state index in [0.717, 1.165) is 29.1 Å². The van der Waals surface area contributed by atoms with E-state index in [1.165, 1.54) is 37.7 Å². The van der Waals surface area contributed by atoms with Gasteiger partial charge in [-0.1, -0.05) is 37.5 Å². The number of allylic oxidation sites excluding steroid dienone is 1. The highest BCUT2D eigenvalue weighted by molar-refractivity contribution is 5.96. The van der Waals surface area contributed by atoms with Crippen molar-refractivity contribution in [3.05, 3.63) is 76.0 Å². The monoisotopic (exact) mass is 454 g/mol. The number of amides is 1.